The molecule has 0 aromatic heterocycles. The number of nitrogens with zero attached hydrogens (tertiary/aromatic N) is 1. The quantitative estimate of drug-likeness (QED) is 0.673. The number of carbonyl (C=O) groups excluding carboxylic acids is 1. The van der Waals surface area contributed by atoms with E-state index < -0.39 is 6.04 Å². The molecule has 2 aromatic carbocycles. The summed E-state index contributed by atoms with van der Waals surface area (Å²) >= 11 is 11.7. The molecule has 1 N–H and O–H groups in total. The van der Waals surface area contributed by atoms with Crippen molar-refractivity contribution in [3.63, 3.8) is 0 Å². The fraction of sp³-hybridized carbons (Fsp3) is 0.273. The van der Waals surface area contributed by atoms with Gasteiger partial charge in [-0.25, -0.2) is 0 Å². The molecule has 0 amide bonds. The summed E-state index contributed by atoms with van der Waals surface area (Å²) in [5.41, 5.74) is 3.08. The lowest BCUT2D eigenvalue weighted by atomic mass is 9.92. The summed E-state index contributed by atoms with van der Waals surface area (Å²) < 4.78 is 11.7. The van der Waals surface area contributed by atoms with Crippen molar-refractivity contribution in [2.24, 2.45) is 0 Å². The molecule has 0 saturated carbocycles. The molecule has 0 spiro atoms. The molecular formula is C22H23ClN2O3S. The van der Waals surface area contributed by atoms with Gasteiger partial charge < -0.3 is 19.7 Å². The molecule has 0 aliphatic carbocycles. The van der Waals surface area contributed by atoms with Gasteiger partial charge in [-0.1, -0.05) is 41.9 Å². The Morgan fingerprint density at radius 2 is 1.97 bits per heavy atom. The molecule has 0 fully saturated rings. The van der Waals surface area contributed by atoms with Gasteiger partial charge in [0.1, 0.15) is 6.61 Å². The van der Waals surface area contributed by atoms with E-state index in [9.17, 15) is 4.79 Å². The summed E-state index contributed by atoms with van der Waals surface area (Å²) in [4.78, 5) is 14.3. The molecule has 1 unspecified atom stereocenters. The molecule has 1 aliphatic heterocycles. The van der Waals surface area contributed by atoms with E-state index in [0.29, 0.717) is 27.2 Å². The van der Waals surface area contributed by atoms with E-state index in [1.54, 1.807) is 18.9 Å². The number of thiocarbonyl (C=S) groups is 1. The minimum absolute atomic E-state index is 0.0331. The van der Waals surface area contributed by atoms with Gasteiger partial charge in [-0.15, -0.1) is 0 Å². The Kier molecular flexibility index (Phi) is 6.45. The predicted molar refractivity (Wildman–Crippen MR) is 118 cm³/mol. The van der Waals surface area contributed by atoms with Crippen molar-refractivity contribution in [3.8, 4) is 11.5 Å². The average molecular weight is 431 g/mol. The van der Waals surface area contributed by atoms with Gasteiger partial charge in [-0.3, -0.25) is 4.79 Å². The third-order valence-corrected chi connectivity index (χ3v) is 5.76. The first kappa shape index (κ1) is 21.1. The maximum atomic E-state index is 12.5. The first-order chi connectivity index (χ1) is 13.8. The number of rotatable bonds is 6. The molecule has 5 nitrogen and oxygen atoms in total. The Bertz CT molecular complexity index is 990. The smallest absolute Gasteiger partial charge is 0.173 e. The second kappa shape index (κ2) is 8.84. The predicted octanol–water partition coefficient (Wildman–Crippen LogP) is 4.65. The van der Waals surface area contributed by atoms with E-state index >= 15 is 0 Å². The van der Waals surface area contributed by atoms with Crippen LogP contribution in [0.5, 0.6) is 11.5 Å². The van der Waals surface area contributed by atoms with Crippen LogP contribution in [0, 0.1) is 0 Å². The summed E-state index contributed by atoms with van der Waals surface area (Å²) in [6.07, 6.45) is 0. The van der Waals surface area contributed by atoms with Gasteiger partial charge in [0.05, 0.1) is 13.2 Å². The first-order valence-corrected chi connectivity index (χ1v) is 9.92. The highest BCUT2D eigenvalue weighted by Gasteiger charge is 2.33. The van der Waals surface area contributed by atoms with Crippen LogP contribution in [0.2, 0.25) is 5.02 Å². The summed E-state index contributed by atoms with van der Waals surface area (Å²) in [7, 11) is 3.42. The molecule has 2 aromatic rings. The van der Waals surface area contributed by atoms with Crippen LogP contribution in [-0.2, 0) is 11.4 Å². The van der Waals surface area contributed by atoms with Crippen molar-refractivity contribution in [2.45, 2.75) is 26.5 Å². The minimum atomic E-state index is -0.437. The number of Topliss-reactive ketones (excluding diaryl/α,β-unsaturated/α-hetero) is 1. The number of hydrogen-bond acceptors (Lipinski definition) is 4. The number of methoxy groups -OCH3 is 1. The number of ether oxygens (including phenoxy) is 2. The van der Waals surface area contributed by atoms with Crippen LogP contribution in [0.15, 0.2) is 53.7 Å². The van der Waals surface area contributed by atoms with Crippen molar-refractivity contribution < 1.29 is 14.3 Å². The van der Waals surface area contributed by atoms with Gasteiger partial charge in [0.25, 0.3) is 0 Å². The molecule has 3 rings (SSSR count). The van der Waals surface area contributed by atoms with Crippen LogP contribution < -0.4 is 14.8 Å². The van der Waals surface area contributed by atoms with Gasteiger partial charge in [0.15, 0.2) is 22.4 Å². The summed E-state index contributed by atoms with van der Waals surface area (Å²) in [6.45, 7) is 3.71. The van der Waals surface area contributed by atoms with E-state index in [1.807, 2.05) is 56.4 Å². The number of carbonyl (C=O) groups is 1. The molecule has 152 valence electrons. The lowest BCUT2D eigenvalue weighted by Crippen LogP contribution is -2.45. The van der Waals surface area contributed by atoms with Crippen molar-refractivity contribution in [1.29, 1.82) is 0 Å². The molecule has 7 heteroatoms. The number of ketones is 1. The van der Waals surface area contributed by atoms with Gasteiger partial charge in [0, 0.05) is 34.5 Å². The standard InChI is InChI=1S/C22H23ClN2O3S/c1-13-19(14(2)26)20(24-22(29)25(13)3)16-9-7-11-18(27-4)21(16)28-12-15-8-5-6-10-17(15)23/h5-11,20H,12H2,1-4H3,(H,24,29). The van der Waals surface area contributed by atoms with E-state index in [2.05, 4.69) is 5.32 Å². The number of nitrogens with one attached hydrogen (secondary N) is 1. The van der Waals surface area contributed by atoms with Crippen LogP contribution in [0.3, 0.4) is 0 Å². The zero-order chi connectivity index (χ0) is 21.1. The highest BCUT2D eigenvalue weighted by molar-refractivity contribution is 7.80. The normalized spacial score (nSPS) is 16.5. The zero-order valence-corrected chi connectivity index (χ0v) is 18.4. The van der Waals surface area contributed by atoms with Gasteiger partial charge in [-0.2, -0.15) is 0 Å². The van der Waals surface area contributed by atoms with Gasteiger partial charge >= 0.3 is 0 Å². The fourth-order valence-corrected chi connectivity index (χ4v) is 3.81. The lowest BCUT2D eigenvalue weighted by molar-refractivity contribution is -0.114. The third-order valence-electron chi connectivity index (χ3n) is 5.00. The molecule has 0 radical (unpaired) electrons. The van der Waals surface area contributed by atoms with Crippen LogP contribution in [0.1, 0.15) is 31.0 Å². The number of hydrogen-bond donors (Lipinski definition) is 1. The van der Waals surface area contributed by atoms with Gasteiger partial charge in [-0.05, 0) is 38.2 Å². The van der Waals surface area contributed by atoms with E-state index in [0.717, 1.165) is 16.8 Å². The largest absolute Gasteiger partial charge is 0.493 e. The first-order valence-electron chi connectivity index (χ1n) is 9.14. The van der Waals surface area contributed by atoms with Crippen LogP contribution in [0.4, 0.5) is 0 Å². The zero-order valence-electron chi connectivity index (χ0n) is 16.8. The monoisotopic (exact) mass is 430 g/mol. The Morgan fingerprint density at radius 3 is 2.62 bits per heavy atom. The molecule has 1 atom stereocenters. The van der Waals surface area contributed by atoms with Crippen LogP contribution in [0.25, 0.3) is 0 Å². The summed E-state index contributed by atoms with van der Waals surface area (Å²) in [5, 5.41) is 4.43. The molecular weight excluding hydrogens is 408 g/mol. The Balaban J connectivity index is 2.06. The number of benzene rings is 2. The average Bonchev–Trinajstić information content (AvgIpc) is 2.70. The molecule has 1 heterocycles. The molecule has 29 heavy (non-hydrogen) atoms. The third kappa shape index (κ3) is 4.23. The number of allylic oxidation sites excluding steroid dienone is 1. The molecule has 0 bridgehead atoms. The van der Waals surface area contributed by atoms with Crippen LogP contribution >= 0.6 is 23.8 Å². The van der Waals surface area contributed by atoms with Gasteiger partial charge in [0.2, 0.25) is 0 Å². The van der Waals surface area contributed by atoms with E-state index in [4.69, 9.17) is 33.3 Å². The van der Waals surface area contributed by atoms with E-state index in [-0.39, 0.29) is 12.4 Å². The highest BCUT2D eigenvalue weighted by Crippen LogP contribution is 2.40. The number of halogens is 1. The maximum Gasteiger partial charge on any atom is 0.173 e. The fourth-order valence-electron chi connectivity index (χ4n) is 3.37. The Labute approximate surface area is 181 Å². The Morgan fingerprint density at radius 1 is 1.24 bits per heavy atom. The summed E-state index contributed by atoms with van der Waals surface area (Å²) in [5.74, 6) is 1.09. The van der Waals surface area contributed by atoms with Crippen molar-refractivity contribution in [2.75, 3.05) is 14.2 Å². The SMILES string of the molecule is COc1cccc(C2NC(=S)N(C)C(C)=C2C(C)=O)c1OCc1ccccc1Cl. The second-order valence-electron chi connectivity index (χ2n) is 6.76. The molecule has 0 saturated heterocycles. The molecule has 1 aliphatic rings. The maximum absolute atomic E-state index is 12.5. The Hall–Kier alpha value is -2.57. The van der Waals surface area contributed by atoms with Crippen molar-refractivity contribution in [3.05, 3.63) is 69.9 Å². The minimum Gasteiger partial charge on any atom is -0.493 e. The van der Waals surface area contributed by atoms with Crippen LogP contribution in [-0.4, -0.2) is 30.0 Å². The summed E-state index contributed by atoms with van der Waals surface area (Å²) in [6, 6.07) is 12.7. The van der Waals surface area contributed by atoms with E-state index in [1.165, 1.54) is 0 Å². The second-order valence-corrected chi connectivity index (χ2v) is 7.55. The van der Waals surface area contributed by atoms with Crippen molar-refractivity contribution >= 4 is 34.7 Å². The lowest BCUT2D eigenvalue weighted by Gasteiger charge is -2.36. The highest BCUT2D eigenvalue weighted by atomic mass is 35.5. The van der Waals surface area contributed by atoms with Crippen molar-refractivity contribution in [1.82, 2.24) is 10.2 Å². The topological polar surface area (TPSA) is 50.8 Å². The number of para-hydroxylation sites is 1.